The van der Waals surface area contributed by atoms with Crippen LogP contribution in [-0.4, -0.2) is 50.4 Å². The number of aromatic hydroxyl groups is 2. The molecule has 19 heavy (non-hydrogen) atoms. The standard InChI is InChI=1S/C11H13NO6.ClH/c13-8-3-1-2-7(11(8)18)4-12(5-9(14)15)6-10(16)17;/h1-3,13,18H,4-6H2,(H,14,15)(H,16,17);1H. The summed E-state index contributed by atoms with van der Waals surface area (Å²) >= 11 is 0. The lowest BCUT2D eigenvalue weighted by atomic mass is 10.1. The van der Waals surface area contributed by atoms with E-state index in [1.165, 1.54) is 18.2 Å². The zero-order valence-corrected chi connectivity index (χ0v) is 10.6. The van der Waals surface area contributed by atoms with Crippen molar-refractivity contribution in [2.75, 3.05) is 13.1 Å². The van der Waals surface area contributed by atoms with Gasteiger partial charge < -0.3 is 20.4 Å². The smallest absolute Gasteiger partial charge is 0.317 e. The first-order chi connectivity index (χ1) is 8.40. The summed E-state index contributed by atoms with van der Waals surface area (Å²) in [6.45, 7) is -1.03. The second-order valence-electron chi connectivity index (χ2n) is 3.72. The Labute approximate surface area is 115 Å². The van der Waals surface area contributed by atoms with Crippen molar-refractivity contribution in [3.8, 4) is 11.5 Å². The van der Waals surface area contributed by atoms with Crippen molar-refractivity contribution < 1.29 is 30.0 Å². The largest absolute Gasteiger partial charge is 0.504 e. The second kappa shape index (κ2) is 7.45. The van der Waals surface area contributed by atoms with Crippen molar-refractivity contribution in [3.05, 3.63) is 23.8 Å². The number of phenols is 2. The fourth-order valence-corrected chi connectivity index (χ4v) is 1.50. The van der Waals surface area contributed by atoms with Crippen LogP contribution in [0.1, 0.15) is 5.56 Å². The fraction of sp³-hybridized carbons (Fsp3) is 0.273. The van der Waals surface area contributed by atoms with Crippen LogP contribution in [0, 0.1) is 0 Å². The summed E-state index contributed by atoms with van der Waals surface area (Å²) in [7, 11) is 0. The molecule has 0 heterocycles. The Kier molecular flexibility index (Phi) is 6.67. The van der Waals surface area contributed by atoms with E-state index in [2.05, 4.69) is 0 Å². The van der Waals surface area contributed by atoms with E-state index in [4.69, 9.17) is 10.2 Å². The molecule has 8 heteroatoms. The normalized spacial score (nSPS) is 9.95. The molecule has 0 atom stereocenters. The Morgan fingerprint density at radius 3 is 2.05 bits per heavy atom. The van der Waals surface area contributed by atoms with Crippen LogP contribution in [-0.2, 0) is 16.1 Å². The van der Waals surface area contributed by atoms with Gasteiger partial charge in [-0.2, -0.15) is 0 Å². The molecule has 0 radical (unpaired) electrons. The highest BCUT2D eigenvalue weighted by Crippen LogP contribution is 2.28. The highest BCUT2D eigenvalue weighted by atomic mass is 35.5. The third kappa shape index (κ3) is 5.45. The van der Waals surface area contributed by atoms with Gasteiger partial charge in [0.2, 0.25) is 0 Å². The van der Waals surface area contributed by atoms with Crippen molar-refractivity contribution in [2.45, 2.75) is 6.54 Å². The van der Waals surface area contributed by atoms with Gasteiger partial charge in [-0.15, -0.1) is 12.4 Å². The molecular weight excluding hydrogens is 278 g/mol. The molecule has 0 amide bonds. The van der Waals surface area contributed by atoms with E-state index in [1.54, 1.807) is 0 Å². The number of hydrogen-bond donors (Lipinski definition) is 4. The average Bonchev–Trinajstić information content (AvgIpc) is 2.23. The molecule has 4 N–H and O–H groups in total. The van der Waals surface area contributed by atoms with Gasteiger partial charge in [0.1, 0.15) is 0 Å². The molecule has 1 aromatic rings. The zero-order chi connectivity index (χ0) is 13.7. The first-order valence-corrected chi connectivity index (χ1v) is 5.06. The molecule has 0 fully saturated rings. The van der Waals surface area contributed by atoms with Gasteiger partial charge in [0.25, 0.3) is 0 Å². The van der Waals surface area contributed by atoms with E-state index in [9.17, 15) is 19.8 Å². The number of nitrogens with zero attached hydrogens (tertiary/aromatic N) is 1. The summed E-state index contributed by atoms with van der Waals surface area (Å²) < 4.78 is 0. The molecule has 0 aliphatic carbocycles. The fourth-order valence-electron chi connectivity index (χ4n) is 1.50. The van der Waals surface area contributed by atoms with Crippen molar-refractivity contribution >= 4 is 24.3 Å². The molecule has 1 rings (SSSR count). The van der Waals surface area contributed by atoms with Crippen molar-refractivity contribution in [2.24, 2.45) is 0 Å². The Morgan fingerprint density at radius 2 is 1.58 bits per heavy atom. The predicted octanol–water partition coefficient (Wildman–Crippen LogP) is 0.491. The second-order valence-corrected chi connectivity index (χ2v) is 3.72. The number of halogens is 1. The predicted molar refractivity (Wildman–Crippen MR) is 67.6 cm³/mol. The van der Waals surface area contributed by atoms with Gasteiger partial charge >= 0.3 is 11.9 Å². The molecule has 0 aromatic heterocycles. The SMILES string of the molecule is Cl.O=C(O)CN(CC(=O)O)Cc1cccc(O)c1O. The van der Waals surface area contributed by atoms with Gasteiger partial charge in [0, 0.05) is 12.1 Å². The molecule has 106 valence electrons. The Balaban J connectivity index is 0.00000324. The quantitative estimate of drug-likeness (QED) is 0.563. The summed E-state index contributed by atoms with van der Waals surface area (Å²) in [5.74, 6) is -3.05. The summed E-state index contributed by atoms with van der Waals surface area (Å²) in [4.78, 5) is 22.3. The molecule has 0 saturated heterocycles. The van der Waals surface area contributed by atoms with Gasteiger partial charge in [-0.3, -0.25) is 14.5 Å². The Bertz CT molecular complexity index is 448. The first kappa shape index (κ1) is 17.0. The Morgan fingerprint density at radius 1 is 1.05 bits per heavy atom. The number of carboxylic acid groups (broad SMARTS) is 2. The van der Waals surface area contributed by atoms with Gasteiger partial charge in [-0.05, 0) is 6.07 Å². The minimum Gasteiger partial charge on any atom is -0.504 e. The van der Waals surface area contributed by atoms with Crippen LogP contribution >= 0.6 is 12.4 Å². The molecule has 1 aromatic carbocycles. The lowest BCUT2D eigenvalue weighted by molar-refractivity contribution is -0.142. The number of rotatable bonds is 6. The monoisotopic (exact) mass is 291 g/mol. The van der Waals surface area contributed by atoms with Crippen LogP contribution in [0.15, 0.2) is 18.2 Å². The van der Waals surface area contributed by atoms with Crippen LogP contribution in [0.5, 0.6) is 11.5 Å². The number of carboxylic acids is 2. The number of hydrogen-bond acceptors (Lipinski definition) is 5. The summed E-state index contributed by atoms with van der Waals surface area (Å²) in [5, 5.41) is 36.1. The van der Waals surface area contributed by atoms with Gasteiger partial charge in [-0.25, -0.2) is 0 Å². The molecule has 7 nitrogen and oxygen atoms in total. The van der Waals surface area contributed by atoms with Gasteiger partial charge in [-0.1, -0.05) is 12.1 Å². The van der Waals surface area contributed by atoms with Crippen LogP contribution < -0.4 is 0 Å². The molecular formula is C11H14ClNO6. The van der Waals surface area contributed by atoms with Crippen molar-refractivity contribution in [1.82, 2.24) is 4.90 Å². The maximum Gasteiger partial charge on any atom is 0.317 e. The minimum absolute atomic E-state index is 0. The zero-order valence-electron chi connectivity index (χ0n) is 9.81. The number of aliphatic carboxylic acids is 2. The average molecular weight is 292 g/mol. The molecule has 0 spiro atoms. The number of para-hydroxylation sites is 1. The van der Waals surface area contributed by atoms with Crippen LogP contribution in [0.2, 0.25) is 0 Å². The van der Waals surface area contributed by atoms with E-state index < -0.39 is 25.0 Å². The lowest BCUT2D eigenvalue weighted by Gasteiger charge is -2.18. The summed E-state index contributed by atoms with van der Waals surface area (Å²) in [5.41, 5.74) is 0.262. The lowest BCUT2D eigenvalue weighted by Crippen LogP contribution is -2.33. The third-order valence-electron chi connectivity index (χ3n) is 2.21. The third-order valence-corrected chi connectivity index (χ3v) is 2.21. The molecule has 0 bridgehead atoms. The van der Waals surface area contributed by atoms with E-state index in [-0.39, 0.29) is 36.0 Å². The van der Waals surface area contributed by atoms with Gasteiger partial charge in [0.05, 0.1) is 13.1 Å². The van der Waals surface area contributed by atoms with Gasteiger partial charge in [0.15, 0.2) is 11.5 Å². The highest BCUT2D eigenvalue weighted by molar-refractivity contribution is 5.85. The van der Waals surface area contributed by atoms with Crippen molar-refractivity contribution in [3.63, 3.8) is 0 Å². The van der Waals surface area contributed by atoms with E-state index in [0.717, 1.165) is 4.90 Å². The highest BCUT2D eigenvalue weighted by Gasteiger charge is 2.16. The molecule has 0 unspecified atom stereocenters. The molecule has 0 saturated carbocycles. The maximum absolute atomic E-state index is 10.6. The van der Waals surface area contributed by atoms with E-state index in [0.29, 0.717) is 0 Å². The number of phenolic OH excluding ortho intramolecular Hbond substituents is 2. The Hall–Kier alpha value is -1.99. The van der Waals surface area contributed by atoms with Crippen LogP contribution in [0.25, 0.3) is 0 Å². The van der Waals surface area contributed by atoms with Crippen LogP contribution in [0.4, 0.5) is 0 Å². The first-order valence-electron chi connectivity index (χ1n) is 5.06. The number of benzene rings is 1. The summed E-state index contributed by atoms with van der Waals surface area (Å²) in [6.07, 6.45) is 0. The molecule has 0 aliphatic heterocycles. The topological polar surface area (TPSA) is 118 Å². The van der Waals surface area contributed by atoms with E-state index in [1.807, 2.05) is 0 Å². The molecule has 0 aliphatic rings. The van der Waals surface area contributed by atoms with Crippen LogP contribution in [0.3, 0.4) is 0 Å². The number of carbonyl (C=O) groups is 2. The summed E-state index contributed by atoms with van der Waals surface area (Å²) in [6, 6.07) is 4.23. The maximum atomic E-state index is 10.6. The van der Waals surface area contributed by atoms with Crippen molar-refractivity contribution in [1.29, 1.82) is 0 Å². The van der Waals surface area contributed by atoms with E-state index >= 15 is 0 Å². The minimum atomic E-state index is -1.17.